The number of rotatable bonds is 3. The second kappa shape index (κ2) is 5.40. The predicted molar refractivity (Wildman–Crippen MR) is 77.3 cm³/mol. The molecule has 0 atom stereocenters. The molecule has 0 spiro atoms. The van der Waals surface area contributed by atoms with Crippen LogP contribution >= 0.6 is 23.4 Å². The van der Waals surface area contributed by atoms with Gasteiger partial charge in [0, 0.05) is 23.0 Å². The highest BCUT2D eigenvalue weighted by Crippen LogP contribution is 2.32. The first-order valence-electron chi connectivity index (χ1n) is 5.25. The van der Waals surface area contributed by atoms with E-state index < -0.39 is 9.84 Å². The standard InChI is InChI=1S/C12H11ClN2O2S2/c1-19(16,17)9-3-4-11(10(14)6-9)18-12-5-2-8(13)7-15-12/h2-7H,14H2,1H3. The van der Waals surface area contributed by atoms with E-state index in [1.807, 2.05) is 0 Å². The first kappa shape index (κ1) is 14.2. The number of benzene rings is 1. The Morgan fingerprint density at radius 2 is 2.00 bits per heavy atom. The molecule has 0 aliphatic rings. The third-order valence-corrected chi connectivity index (χ3v) is 4.70. The number of anilines is 1. The van der Waals surface area contributed by atoms with Crippen LogP contribution in [0.5, 0.6) is 0 Å². The zero-order chi connectivity index (χ0) is 14.0. The van der Waals surface area contributed by atoms with Crippen LogP contribution in [-0.4, -0.2) is 19.7 Å². The molecule has 0 unspecified atom stereocenters. The molecule has 1 aromatic heterocycles. The Balaban J connectivity index is 2.29. The van der Waals surface area contributed by atoms with E-state index in [2.05, 4.69) is 4.98 Å². The van der Waals surface area contributed by atoms with Crippen LogP contribution in [0.15, 0.2) is 51.3 Å². The number of hydrogen-bond donors (Lipinski definition) is 1. The molecule has 0 aliphatic carbocycles. The van der Waals surface area contributed by atoms with Crippen LogP contribution in [0.4, 0.5) is 5.69 Å². The zero-order valence-corrected chi connectivity index (χ0v) is 12.4. The van der Waals surface area contributed by atoms with Crippen LogP contribution in [0.2, 0.25) is 5.02 Å². The molecule has 0 saturated carbocycles. The number of nitrogen functional groups attached to an aromatic ring is 1. The molecule has 2 N–H and O–H groups in total. The SMILES string of the molecule is CS(=O)(=O)c1ccc(Sc2ccc(Cl)cn2)c(N)c1. The molecule has 0 bridgehead atoms. The monoisotopic (exact) mass is 314 g/mol. The number of nitrogens with zero attached hydrogens (tertiary/aromatic N) is 1. The van der Waals surface area contributed by atoms with Gasteiger partial charge in [0.05, 0.1) is 9.92 Å². The van der Waals surface area contributed by atoms with Crippen molar-refractivity contribution >= 4 is 38.9 Å². The minimum Gasteiger partial charge on any atom is -0.398 e. The van der Waals surface area contributed by atoms with E-state index >= 15 is 0 Å². The number of hydrogen-bond acceptors (Lipinski definition) is 5. The van der Waals surface area contributed by atoms with Gasteiger partial charge in [-0.05, 0) is 30.3 Å². The van der Waals surface area contributed by atoms with Gasteiger partial charge in [0.2, 0.25) is 0 Å². The highest BCUT2D eigenvalue weighted by Gasteiger charge is 2.10. The lowest BCUT2D eigenvalue weighted by Gasteiger charge is -2.06. The van der Waals surface area contributed by atoms with Crippen LogP contribution in [-0.2, 0) is 9.84 Å². The van der Waals surface area contributed by atoms with Crippen molar-refractivity contribution in [3.63, 3.8) is 0 Å². The predicted octanol–water partition coefficient (Wildman–Crippen LogP) is 2.87. The number of nitrogens with two attached hydrogens (primary N) is 1. The third kappa shape index (κ3) is 3.62. The third-order valence-electron chi connectivity index (χ3n) is 2.32. The Bertz CT molecular complexity index is 700. The molecule has 4 nitrogen and oxygen atoms in total. The van der Waals surface area contributed by atoms with Crippen LogP contribution in [0.3, 0.4) is 0 Å². The van der Waals surface area contributed by atoms with E-state index in [1.54, 1.807) is 24.4 Å². The van der Waals surface area contributed by atoms with Crippen molar-refractivity contribution in [3.05, 3.63) is 41.6 Å². The van der Waals surface area contributed by atoms with Gasteiger partial charge in [0.1, 0.15) is 5.03 Å². The van der Waals surface area contributed by atoms with E-state index in [0.717, 1.165) is 16.2 Å². The van der Waals surface area contributed by atoms with Gasteiger partial charge in [-0.1, -0.05) is 23.4 Å². The Kier molecular flexibility index (Phi) is 4.03. The van der Waals surface area contributed by atoms with Gasteiger partial charge >= 0.3 is 0 Å². The lowest BCUT2D eigenvalue weighted by Crippen LogP contribution is -1.99. The largest absolute Gasteiger partial charge is 0.398 e. The molecule has 19 heavy (non-hydrogen) atoms. The fourth-order valence-electron chi connectivity index (χ4n) is 1.39. The van der Waals surface area contributed by atoms with Crippen molar-refractivity contribution in [3.8, 4) is 0 Å². The van der Waals surface area contributed by atoms with Crippen molar-refractivity contribution in [2.24, 2.45) is 0 Å². The van der Waals surface area contributed by atoms with Crippen molar-refractivity contribution in [1.82, 2.24) is 4.98 Å². The van der Waals surface area contributed by atoms with E-state index in [1.165, 1.54) is 23.9 Å². The first-order chi connectivity index (χ1) is 8.86. The Labute approximate surface area is 120 Å². The smallest absolute Gasteiger partial charge is 0.175 e. The molecule has 0 saturated heterocycles. The van der Waals surface area contributed by atoms with Gasteiger partial charge in [0.25, 0.3) is 0 Å². The fraction of sp³-hybridized carbons (Fsp3) is 0.0833. The van der Waals surface area contributed by atoms with Gasteiger partial charge < -0.3 is 5.73 Å². The topological polar surface area (TPSA) is 73.0 Å². The van der Waals surface area contributed by atoms with Crippen molar-refractivity contribution in [1.29, 1.82) is 0 Å². The molecule has 100 valence electrons. The highest BCUT2D eigenvalue weighted by atomic mass is 35.5. The Morgan fingerprint density at radius 3 is 2.53 bits per heavy atom. The van der Waals surface area contributed by atoms with Gasteiger partial charge in [-0.25, -0.2) is 13.4 Å². The molecule has 7 heteroatoms. The zero-order valence-electron chi connectivity index (χ0n) is 10.00. The molecule has 1 heterocycles. The summed E-state index contributed by atoms with van der Waals surface area (Å²) in [6.07, 6.45) is 2.69. The Hall–Kier alpha value is -1.24. The van der Waals surface area contributed by atoms with Gasteiger partial charge in [0.15, 0.2) is 9.84 Å². The molecular weight excluding hydrogens is 304 g/mol. The lowest BCUT2D eigenvalue weighted by atomic mass is 10.3. The van der Waals surface area contributed by atoms with E-state index in [0.29, 0.717) is 10.7 Å². The minimum absolute atomic E-state index is 0.207. The van der Waals surface area contributed by atoms with Crippen molar-refractivity contribution < 1.29 is 8.42 Å². The summed E-state index contributed by atoms with van der Waals surface area (Å²) in [7, 11) is -3.24. The molecule has 0 radical (unpaired) electrons. The van der Waals surface area contributed by atoms with E-state index in [4.69, 9.17) is 17.3 Å². The van der Waals surface area contributed by atoms with Gasteiger partial charge in [-0.15, -0.1) is 0 Å². The quantitative estimate of drug-likeness (QED) is 0.882. The molecule has 1 aromatic carbocycles. The fourth-order valence-corrected chi connectivity index (χ4v) is 2.93. The van der Waals surface area contributed by atoms with Crippen LogP contribution in [0.1, 0.15) is 0 Å². The van der Waals surface area contributed by atoms with Gasteiger partial charge in [-0.3, -0.25) is 0 Å². The molecule has 2 aromatic rings. The van der Waals surface area contributed by atoms with Crippen LogP contribution in [0.25, 0.3) is 0 Å². The average Bonchev–Trinajstić information content (AvgIpc) is 2.33. The summed E-state index contributed by atoms with van der Waals surface area (Å²) in [4.78, 5) is 5.10. The maximum Gasteiger partial charge on any atom is 0.175 e. The summed E-state index contributed by atoms with van der Waals surface area (Å²) < 4.78 is 22.8. The second-order valence-corrected chi connectivity index (χ2v) is 7.40. The normalized spacial score (nSPS) is 11.5. The maximum atomic E-state index is 11.4. The summed E-state index contributed by atoms with van der Waals surface area (Å²) in [5.74, 6) is 0. The average molecular weight is 315 g/mol. The number of halogens is 1. The molecule has 0 fully saturated rings. The van der Waals surface area contributed by atoms with E-state index in [-0.39, 0.29) is 4.90 Å². The maximum absolute atomic E-state index is 11.4. The summed E-state index contributed by atoms with van der Waals surface area (Å²) in [6.45, 7) is 0. The van der Waals surface area contributed by atoms with E-state index in [9.17, 15) is 8.42 Å². The number of sulfone groups is 1. The first-order valence-corrected chi connectivity index (χ1v) is 8.34. The second-order valence-electron chi connectivity index (χ2n) is 3.89. The number of pyridine rings is 1. The number of aromatic nitrogens is 1. The summed E-state index contributed by atoms with van der Waals surface area (Å²) in [5.41, 5.74) is 6.26. The molecule has 2 rings (SSSR count). The summed E-state index contributed by atoms with van der Waals surface area (Å²) in [6, 6.07) is 8.17. The van der Waals surface area contributed by atoms with Crippen LogP contribution < -0.4 is 5.73 Å². The van der Waals surface area contributed by atoms with Crippen molar-refractivity contribution in [2.45, 2.75) is 14.8 Å². The Morgan fingerprint density at radius 1 is 1.26 bits per heavy atom. The van der Waals surface area contributed by atoms with Crippen LogP contribution in [0, 0.1) is 0 Å². The lowest BCUT2D eigenvalue weighted by molar-refractivity contribution is 0.602. The molecular formula is C12H11ClN2O2S2. The molecule has 0 amide bonds. The minimum atomic E-state index is -3.24. The van der Waals surface area contributed by atoms with Crippen molar-refractivity contribution in [2.75, 3.05) is 12.0 Å². The highest BCUT2D eigenvalue weighted by molar-refractivity contribution is 7.99. The summed E-state index contributed by atoms with van der Waals surface area (Å²) >= 11 is 7.11. The van der Waals surface area contributed by atoms with Gasteiger partial charge in [-0.2, -0.15) is 0 Å². The molecule has 0 aliphatic heterocycles. The summed E-state index contributed by atoms with van der Waals surface area (Å²) in [5, 5.41) is 1.30.